The first-order valence-corrected chi connectivity index (χ1v) is 7.45. The Hall–Kier alpha value is -2.09. The second kappa shape index (κ2) is 7.63. The van der Waals surface area contributed by atoms with E-state index in [0.717, 1.165) is 23.3 Å². The van der Waals surface area contributed by atoms with Crippen molar-refractivity contribution in [3.63, 3.8) is 0 Å². The third kappa shape index (κ3) is 5.07. The molecule has 0 N–H and O–H groups in total. The van der Waals surface area contributed by atoms with Crippen LogP contribution in [-0.2, 0) is 6.61 Å². The van der Waals surface area contributed by atoms with Gasteiger partial charge in [-0.15, -0.1) is 0 Å². The quantitative estimate of drug-likeness (QED) is 0.676. The lowest BCUT2D eigenvalue weighted by molar-refractivity contribution is 0.0975. The monoisotopic (exact) mass is 282 g/mol. The molecule has 21 heavy (non-hydrogen) atoms. The largest absolute Gasteiger partial charge is 0.489 e. The highest BCUT2D eigenvalue weighted by atomic mass is 16.5. The van der Waals surface area contributed by atoms with E-state index in [1.807, 2.05) is 54.6 Å². The van der Waals surface area contributed by atoms with Crippen molar-refractivity contribution in [3.8, 4) is 5.75 Å². The van der Waals surface area contributed by atoms with Crippen LogP contribution in [0.1, 0.15) is 42.6 Å². The second-order valence-corrected chi connectivity index (χ2v) is 5.66. The van der Waals surface area contributed by atoms with Crippen LogP contribution in [0.5, 0.6) is 5.75 Å². The van der Waals surface area contributed by atoms with Gasteiger partial charge in [0.2, 0.25) is 0 Å². The van der Waals surface area contributed by atoms with Gasteiger partial charge in [0.05, 0.1) is 0 Å². The number of ketones is 1. The summed E-state index contributed by atoms with van der Waals surface area (Å²) in [7, 11) is 0. The zero-order valence-electron chi connectivity index (χ0n) is 12.7. The van der Waals surface area contributed by atoms with Gasteiger partial charge in [-0.2, -0.15) is 0 Å². The van der Waals surface area contributed by atoms with Crippen molar-refractivity contribution in [2.24, 2.45) is 5.92 Å². The standard InChI is InChI=1S/C19H22O2/c1-15(2)11-12-19(20)17-9-6-10-18(13-17)21-14-16-7-4-3-5-8-16/h3-10,13,15H,11-12,14H2,1-2H3. The molecule has 2 heteroatoms. The average molecular weight is 282 g/mol. The molecular formula is C19H22O2. The van der Waals surface area contributed by atoms with E-state index >= 15 is 0 Å². The normalized spacial score (nSPS) is 10.6. The minimum Gasteiger partial charge on any atom is -0.489 e. The summed E-state index contributed by atoms with van der Waals surface area (Å²) in [5.41, 5.74) is 1.86. The molecule has 0 bridgehead atoms. The van der Waals surface area contributed by atoms with E-state index in [1.54, 1.807) is 0 Å². The van der Waals surface area contributed by atoms with Crippen molar-refractivity contribution in [1.29, 1.82) is 0 Å². The van der Waals surface area contributed by atoms with Crippen LogP contribution in [0.3, 0.4) is 0 Å². The first kappa shape index (κ1) is 15.3. The van der Waals surface area contributed by atoms with Crippen molar-refractivity contribution in [2.45, 2.75) is 33.3 Å². The summed E-state index contributed by atoms with van der Waals surface area (Å²) in [6, 6.07) is 17.5. The van der Waals surface area contributed by atoms with Gasteiger partial charge in [-0.05, 0) is 30.0 Å². The first-order valence-electron chi connectivity index (χ1n) is 7.45. The summed E-state index contributed by atoms with van der Waals surface area (Å²) in [4.78, 5) is 12.1. The van der Waals surface area contributed by atoms with Gasteiger partial charge in [0.1, 0.15) is 12.4 Å². The summed E-state index contributed by atoms with van der Waals surface area (Å²) in [6.45, 7) is 4.78. The number of carbonyl (C=O) groups excluding carboxylic acids is 1. The van der Waals surface area contributed by atoms with Crippen LogP contribution in [0.2, 0.25) is 0 Å². The molecule has 0 radical (unpaired) electrons. The van der Waals surface area contributed by atoms with Crippen LogP contribution < -0.4 is 4.74 Å². The molecule has 0 aliphatic carbocycles. The molecule has 2 rings (SSSR count). The lowest BCUT2D eigenvalue weighted by Gasteiger charge is -2.08. The third-order valence-electron chi connectivity index (χ3n) is 3.35. The predicted octanol–water partition coefficient (Wildman–Crippen LogP) is 4.88. The van der Waals surface area contributed by atoms with Crippen LogP contribution in [-0.4, -0.2) is 5.78 Å². The molecule has 0 aromatic heterocycles. The van der Waals surface area contributed by atoms with Gasteiger partial charge in [-0.25, -0.2) is 0 Å². The van der Waals surface area contributed by atoms with Crippen molar-refractivity contribution in [2.75, 3.05) is 0 Å². The van der Waals surface area contributed by atoms with E-state index in [0.29, 0.717) is 18.9 Å². The number of rotatable bonds is 7. The van der Waals surface area contributed by atoms with Crippen LogP contribution in [0.25, 0.3) is 0 Å². The van der Waals surface area contributed by atoms with Gasteiger partial charge in [0, 0.05) is 12.0 Å². The minimum atomic E-state index is 0.189. The Labute approximate surface area is 126 Å². The van der Waals surface area contributed by atoms with Crippen LogP contribution >= 0.6 is 0 Å². The van der Waals surface area contributed by atoms with Crippen LogP contribution in [0.4, 0.5) is 0 Å². The van der Waals surface area contributed by atoms with Crippen LogP contribution in [0.15, 0.2) is 54.6 Å². The molecule has 2 aromatic carbocycles. The van der Waals surface area contributed by atoms with E-state index in [9.17, 15) is 4.79 Å². The molecular weight excluding hydrogens is 260 g/mol. The van der Waals surface area contributed by atoms with Gasteiger partial charge >= 0.3 is 0 Å². The Morgan fingerprint density at radius 1 is 1.05 bits per heavy atom. The van der Waals surface area contributed by atoms with E-state index in [-0.39, 0.29) is 5.78 Å². The smallest absolute Gasteiger partial charge is 0.163 e. The highest BCUT2D eigenvalue weighted by Gasteiger charge is 2.08. The second-order valence-electron chi connectivity index (χ2n) is 5.66. The fourth-order valence-corrected chi connectivity index (χ4v) is 2.06. The number of hydrogen-bond acceptors (Lipinski definition) is 2. The molecule has 0 fully saturated rings. The van der Waals surface area contributed by atoms with Gasteiger partial charge in [-0.1, -0.05) is 56.3 Å². The number of carbonyl (C=O) groups is 1. The highest BCUT2D eigenvalue weighted by Crippen LogP contribution is 2.18. The zero-order chi connectivity index (χ0) is 15.1. The topological polar surface area (TPSA) is 26.3 Å². The molecule has 2 aromatic rings. The summed E-state index contributed by atoms with van der Waals surface area (Å²) in [6.07, 6.45) is 1.52. The molecule has 0 amide bonds. The SMILES string of the molecule is CC(C)CCC(=O)c1cccc(OCc2ccccc2)c1. The summed E-state index contributed by atoms with van der Waals surface area (Å²) in [5, 5.41) is 0. The van der Waals surface area contributed by atoms with Gasteiger partial charge < -0.3 is 4.74 Å². The Bertz CT molecular complexity index is 573. The fourth-order valence-electron chi connectivity index (χ4n) is 2.06. The average Bonchev–Trinajstić information content (AvgIpc) is 2.52. The molecule has 2 nitrogen and oxygen atoms in total. The number of benzene rings is 2. The van der Waals surface area contributed by atoms with E-state index in [4.69, 9.17) is 4.74 Å². The molecule has 0 heterocycles. The summed E-state index contributed by atoms with van der Waals surface area (Å²) >= 11 is 0. The molecule has 0 aliphatic rings. The van der Waals surface area contributed by atoms with E-state index in [2.05, 4.69) is 13.8 Å². The molecule has 0 aliphatic heterocycles. The Balaban J connectivity index is 1.96. The van der Waals surface area contributed by atoms with Gasteiger partial charge in [0.15, 0.2) is 5.78 Å². The summed E-state index contributed by atoms with van der Waals surface area (Å²) in [5.74, 6) is 1.48. The molecule has 0 atom stereocenters. The highest BCUT2D eigenvalue weighted by molar-refractivity contribution is 5.96. The van der Waals surface area contributed by atoms with Crippen molar-refractivity contribution in [1.82, 2.24) is 0 Å². The number of ether oxygens (including phenoxy) is 1. The summed E-state index contributed by atoms with van der Waals surface area (Å²) < 4.78 is 5.76. The van der Waals surface area contributed by atoms with Crippen molar-refractivity contribution < 1.29 is 9.53 Å². The predicted molar refractivity (Wildman–Crippen MR) is 85.6 cm³/mol. The Kier molecular flexibility index (Phi) is 5.56. The van der Waals surface area contributed by atoms with Crippen molar-refractivity contribution in [3.05, 3.63) is 65.7 Å². The maximum Gasteiger partial charge on any atom is 0.163 e. The maximum absolute atomic E-state index is 12.1. The Morgan fingerprint density at radius 3 is 2.52 bits per heavy atom. The molecule has 0 unspecified atom stereocenters. The lowest BCUT2D eigenvalue weighted by Crippen LogP contribution is -2.02. The lowest BCUT2D eigenvalue weighted by atomic mass is 10.0. The molecule has 0 saturated carbocycles. The molecule has 110 valence electrons. The van der Waals surface area contributed by atoms with Gasteiger partial charge in [-0.3, -0.25) is 4.79 Å². The number of Topliss-reactive ketones (excluding diaryl/α,β-unsaturated/α-hetero) is 1. The van der Waals surface area contributed by atoms with Crippen LogP contribution in [0, 0.1) is 5.92 Å². The molecule has 0 saturated heterocycles. The zero-order valence-corrected chi connectivity index (χ0v) is 12.7. The minimum absolute atomic E-state index is 0.189. The molecule has 0 spiro atoms. The fraction of sp³-hybridized carbons (Fsp3) is 0.316. The van der Waals surface area contributed by atoms with Crippen molar-refractivity contribution >= 4 is 5.78 Å². The van der Waals surface area contributed by atoms with E-state index < -0.39 is 0 Å². The number of hydrogen-bond donors (Lipinski definition) is 0. The third-order valence-corrected chi connectivity index (χ3v) is 3.35. The Morgan fingerprint density at radius 2 is 1.81 bits per heavy atom. The van der Waals surface area contributed by atoms with E-state index in [1.165, 1.54) is 0 Å². The van der Waals surface area contributed by atoms with Gasteiger partial charge in [0.25, 0.3) is 0 Å². The first-order chi connectivity index (χ1) is 10.1. The maximum atomic E-state index is 12.1.